The SMILES string of the molecule is C=C1C=CC(=O)C2=C1C1C3=C(C(=O)C(NC4C(O)C(O)C(CO)O[C@@H]4O)=C(Br)C3=O)C2c2ccccc21. The van der Waals surface area contributed by atoms with E-state index < -0.39 is 60.7 Å². The molecule has 2 bridgehead atoms. The summed E-state index contributed by atoms with van der Waals surface area (Å²) in [5.41, 5.74) is 3.43. The van der Waals surface area contributed by atoms with Crippen LogP contribution in [0.4, 0.5) is 0 Å². The smallest absolute Gasteiger partial charge is 0.207 e. The van der Waals surface area contributed by atoms with Crippen molar-refractivity contribution in [3.8, 4) is 0 Å². The maximum atomic E-state index is 14.0. The predicted octanol–water partition coefficient (Wildman–Crippen LogP) is 0.317. The van der Waals surface area contributed by atoms with Crippen LogP contribution in [-0.2, 0) is 19.1 Å². The van der Waals surface area contributed by atoms with Gasteiger partial charge in [0.05, 0.1) is 11.1 Å². The lowest BCUT2D eigenvalue weighted by Gasteiger charge is -2.46. The van der Waals surface area contributed by atoms with E-state index in [9.17, 15) is 34.8 Å². The van der Waals surface area contributed by atoms with Gasteiger partial charge in [-0.05, 0) is 44.3 Å². The number of halogens is 1. The first-order valence-electron chi connectivity index (χ1n) is 11.7. The highest BCUT2D eigenvalue weighted by Gasteiger charge is 2.54. The fraction of sp³-hybridized carbons (Fsp3) is 0.296. The zero-order chi connectivity index (χ0) is 26.3. The van der Waals surface area contributed by atoms with Crippen LogP contribution < -0.4 is 5.32 Å². The molecular weight excluding hydrogens is 546 g/mol. The number of ether oxygens (including phenoxy) is 1. The number of aliphatic hydroxyl groups is 4. The molecule has 6 aliphatic rings. The maximum absolute atomic E-state index is 14.0. The Labute approximate surface area is 219 Å². The second-order valence-electron chi connectivity index (χ2n) is 9.62. The van der Waals surface area contributed by atoms with Gasteiger partial charge in [-0.3, -0.25) is 14.4 Å². The van der Waals surface area contributed by atoms with Crippen molar-refractivity contribution in [2.24, 2.45) is 0 Å². The second-order valence-corrected chi connectivity index (χ2v) is 10.4. The van der Waals surface area contributed by atoms with Gasteiger partial charge in [-0.2, -0.15) is 0 Å². The van der Waals surface area contributed by atoms with Crippen LogP contribution in [0.25, 0.3) is 0 Å². The third-order valence-corrected chi connectivity index (χ3v) is 8.50. The molecule has 37 heavy (non-hydrogen) atoms. The Morgan fingerprint density at radius 2 is 1.51 bits per heavy atom. The number of rotatable bonds is 3. The molecule has 1 aromatic carbocycles. The second kappa shape index (κ2) is 8.52. The van der Waals surface area contributed by atoms with Crippen LogP contribution in [-0.4, -0.2) is 75.0 Å². The average Bonchev–Trinajstić information content (AvgIpc) is 2.90. The molecule has 0 amide bonds. The molecule has 0 spiro atoms. The van der Waals surface area contributed by atoms with E-state index in [-0.39, 0.29) is 27.1 Å². The summed E-state index contributed by atoms with van der Waals surface area (Å²) in [6, 6.07) is 5.98. The molecule has 6 unspecified atom stereocenters. The fourth-order valence-electron chi connectivity index (χ4n) is 6.08. The lowest BCUT2D eigenvalue weighted by molar-refractivity contribution is -0.253. The number of nitrogens with one attached hydrogen (secondary N) is 1. The zero-order valence-electron chi connectivity index (χ0n) is 19.2. The Kier molecular flexibility index (Phi) is 5.61. The summed E-state index contributed by atoms with van der Waals surface area (Å²) in [6.07, 6.45) is -3.08. The number of aliphatic hydroxyl groups excluding tert-OH is 4. The van der Waals surface area contributed by atoms with Gasteiger partial charge in [0, 0.05) is 28.6 Å². The molecule has 5 aliphatic carbocycles. The lowest BCUT2D eigenvalue weighted by Crippen LogP contribution is -2.63. The Bertz CT molecular complexity index is 1440. The third kappa shape index (κ3) is 3.24. The average molecular weight is 568 g/mol. The van der Waals surface area contributed by atoms with E-state index >= 15 is 0 Å². The number of allylic oxidation sites excluding steroid dienone is 8. The predicted molar refractivity (Wildman–Crippen MR) is 132 cm³/mol. The minimum atomic E-state index is -1.70. The molecule has 1 fully saturated rings. The molecule has 0 saturated carbocycles. The van der Waals surface area contributed by atoms with Gasteiger partial charge in [0.2, 0.25) is 5.78 Å². The zero-order valence-corrected chi connectivity index (χ0v) is 20.8. The van der Waals surface area contributed by atoms with E-state index in [1.165, 1.54) is 6.08 Å². The van der Waals surface area contributed by atoms with Gasteiger partial charge in [-0.25, -0.2) is 0 Å². The molecule has 7 atom stereocenters. The minimum absolute atomic E-state index is 0.107. The summed E-state index contributed by atoms with van der Waals surface area (Å²) in [5, 5.41) is 43.3. The van der Waals surface area contributed by atoms with Crippen molar-refractivity contribution in [1.29, 1.82) is 0 Å². The first kappa shape index (κ1) is 24.4. The third-order valence-electron chi connectivity index (χ3n) is 7.75. The molecular formula is C27H22BrNO8. The Morgan fingerprint density at radius 1 is 0.892 bits per heavy atom. The molecule has 9 nitrogen and oxygen atoms in total. The lowest BCUT2D eigenvalue weighted by atomic mass is 9.56. The van der Waals surface area contributed by atoms with Gasteiger partial charge in [-0.1, -0.05) is 36.9 Å². The minimum Gasteiger partial charge on any atom is -0.394 e. The number of carbonyl (C=O) groups is 3. The van der Waals surface area contributed by atoms with Crippen LogP contribution in [0.15, 0.2) is 81.0 Å². The Morgan fingerprint density at radius 3 is 2.16 bits per heavy atom. The van der Waals surface area contributed by atoms with Crippen molar-refractivity contribution in [2.75, 3.05) is 6.61 Å². The Balaban J connectivity index is 1.45. The molecule has 7 rings (SSSR count). The molecule has 5 N–H and O–H groups in total. The standard InChI is InChI=1S/C27H22BrNO8/c1-9-6-7-12(31)17-14(9)15-10-4-2-3-5-11(10)16(17)19-18(15)24(33)20(28)21(25(19)34)29-22-26(35)23(32)13(8-30)37-27(22)36/h2-7,13,15-16,22-23,26-27,29-30,32,35-36H,1,8H2/t13?,15?,16?,22?,23?,26?,27-/m0/s1. The van der Waals surface area contributed by atoms with Crippen molar-refractivity contribution in [2.45, 2.75) is 42.5 Å². The van der Waals surface area contributed by atoms with Gasteiger partial charge in [0.15, 0.2) is 17.9 Å². The first-order chi connectivity index (χ1) is 17.7. The van der Waals surface area contributed by atoms with Crippen LogP contribution in [0.2, 0.25) is 0 Å². The van der Waals surface area contributed by atoms with E-state index in [1.54, 1.807) is 6.08 Å². The van der Waals surface area contributed by atoms with Crippen LogP contribution in [0.5, 0.6) is 0 Å². The highest BCUT2D eigenvalue weighted by atomic mass is 79.9. The number of benzene rings is 1. The summed E-state index contributed by atoms with van der Waals surface area (Å²) in [6.45, 7) is 3.45. The van der Waals surface area contributed by atoms with E-state index in [2.05, 4.69) is 27.8 Å². The number of carbonyl (C=O) groups excluding carboxylic acids is 3. The first-order valence-corrected chi connectivity index (χ1v) is 12.5. The Hall–Kier alpha value is -2.99. The molecule has 1 saturated heterocycles. The molecule has 10 heteroatoms. The number of hydrogen-bond acceptors (Lipinski definition) is 9. The van der Waals surface area contributed by atoms with Crippen molar-refractivity contribution in [3.05, 3.63) is 92.2 Å². The van der Waals surface area contributed by atoms with Gasteiger partial charge in [0.25, 0.3) is 0 Å². The van der Waals surface area contributed by atoms with Crippen LogP contribution in [0.3, 0.4) is 0 Å². The summed E-state index contributed by atoms with van der Waals surface area (Å²) in [4.78, 5) is 40.9. The van der Waals surface area contributed by atoms with Crippen LogP contribution in [0, 0.1) is 0 Å². The van der Waals surface area contributed by atoms with Crippen LogP contribution in [0.1, 0.15) is 23.0 Å². The summed E-state index contributed by atoms with van der Waals surface area (Å²) >= 11 is 3.24. The molecule has 0 radical (unpaired) electrons. The van der Waals surface area contributed by atoms with Gasteiger partial charge >= 0.3 is 0 Å². The number of Topliss-reactive ketones (excluding diaryl/α,β-unsaturated/α-hetero) is 2. The normalized spacial score (nSPS) is 34.7. The molecule has 1 heterocycles. The van der Waals surface area contributed by atoms with E-state index in [0.29, 0.717) is 16.7 Å². The fourth-order valence-corrected chi connectivity index (χ4v) is 6.59. The monoisotopic (exact) mass is 567 g/mol. The van der Waals surface area contributed by atoms with Gasteiger partial charge < -0.3 is 30.5 Å². The van der Waals surface area contributed by atoms with Gasteiger partial charge in [0.1, 0.15) is 30.1 Å². The summed E-state index contributed by atoms with van der Waals surface area (Å²) in [7, 11) is 0. The van der Waals surface area contributed by atoms with Crippen molar-refractivity contribution in [1.82, 2.24) is 5.32 Å². The summed E-state index contributed by atoms with van der Waals surface area (Å²) in [5.74, 6) is -2.76. The molecule has 190 valence electrons. The number of ketones is 3. The van der Waals surface area contributed by atoms with Crippen molar-refractivity contribution >= 4 is 33.3 Å². The molecule has 1 aromatic rings. The van der Waals surface area contributed by atoms with Crippen molar-refractivity contribution in [3.63, 3.8) is 0 Å². The van der Waals surface area contributed by atoms with Gasteiger partial charge in [-0.15, -0.1) is 0 Å². The van der Waals surface area contributed by atoms with Crippen molar-refractivity contribution < 1.29 is 39.5 Å². The topological polar surface area (TPSA) is 153 Å². The van der Waals surface area contributed by atoms with Crippen LogP contribution >= 0.6 is 15.9 Å². The quantitative estimate of drug-likeness (QED) is 0.325. The number of hydrogen-bond donors (Lipinski definition) is 5. The molecule has 1 aliphatic heterocycles. The van der Waals surface area contributed by atoms with E-state index in [1.807, 2.05) is 24.3 Å². The highest BCUT2D eigenvalue weighted by molar-refractivity contribution is 9.12. The summed E-state index contributed by atoms with van der Waals surface area (Å²) < 4.78 is 5.08. The maximum Gasteiger partial charge on any atom is 0.207 e. The van der Waals surface area contributed by atoms with E-state index in [4.69, 9.17) is 4.74 Å². The van der Waals surface area contributed by atoms with E-state index in [0.717, 1.165) is 11.1 Å². The molecule has 0 aromatic heterocycles. The highest BCUT2D eigenvalue weighted by Crippen LogP contribution is 2.60. The largest absolute Gasteiger partial charge is 0.394 e.